The average Bonchev–Trinajstić information content (AvgIpc) is 3.10. The lowest BCUT2D eigenvalue weighted by atomic mass is 9.97. The number of hydrogen-bond acceptors (Lipinski definition) is 4. The summed E-state index contributed by atoms with van der Waals surface area (Å²) in [6, 6.07) is 8.63. The number of benzene rings is 2. The van der Waals surface area contributed by atoms with Crippen LogP contribution in [0.3, 0.4) is 0 Å². The monoisotopic (exact) mass is 399 g/mol. The Morgan fingerprint density at radius 3 is 2.89 bits per heavy atom. The van der Waals surface area contributed by atoms with E-state index in [2.05, 4.69) is 15.6 Å². The lowest BCUT2D eigenvalue weighted by molar-refractivity contribution is -0.116. The van der Waals surface area contributed by atoms with Crippen LogP contribution in [0, 0.1) is 11.6 Å². The first-order valence-electron chi connectivity index (χ1n) is 8.61. The van der Waals surface area contributed by atoms with Gasteiger partial charge in [-0.15, -0.1) is 11.3 Å². The molecule has 2 amide bonds. The van der Waals surface area contributed by atoms with E-state index in [1.807, 2.05) is 0 Å². The van der Waals surface area contributed by atoms with Gasteiger partial charge in [0.15, 0.2) is 5.13 Å². The maximum Gasteiger partial charge on any atom is 0.257 e. The zero-order chi connectivity index (χ0) is 19.7. The third-order valence-electron chi connectivity index (χ3n) is 4.45. The maximum absolute atomic E-state index is 13.8. The lowest BCUT2D eigenvalue weighted by Gasteiger charge is -2.19. The number of carbonyl (C=O) groups is 2. The molecule has 0 atom stereocenters. The average molecular weight is 399 g/mol. The van der Waals surface area contributed by atoms with Crippen molar-refractivity contribution in [3.63, 3.8) is 0 Å². The van der Waals surface area contributed by atoms with Gasteiger partial charge in [0.2, 0.25) is 5.91 Å². The molecule has 0 saturated carbocycles. The summed E-state index contributed by atoms with van der Waals surface area (Å²) in [5, 5.41) is 5.91. The van der Waals surface area contributed by atoms with Gasteiger partial charge in [-0.2, -0.15) is 0 Å². The summed E-state index contributed by atoms with van der Waals surface area (Å²) in [4.78, 5) is 29.1. The zero-order valence-electron chi connectivity index (χ0n) is 14.6. The molecule has 0 saturated heterocycles. The van der Waals surface area contributed by atoms with Gasteiger partial charge < -0.3 is 5.32 Å². The number of nitrogens with zero attached hydrogens (tertiary/aromatic N) is 1. The van der Waals surface area contributed by atoms with Crippen LogP contribution in [0.4, 0.5) is 19.6 Å². The molecule has 142 valence electrons. The van der Waals surface area contributed by atoms with E-state index < -0.39 is 11.6 Å². The SMILES string of the molecule is O=C1CCc2c(cccc2C(=O)Nc2ncc(Cc3ccc(F)cc3F)s2)N1. The fraction of sp³-hybridized carbons (Fsp3) is 0.150. The molecule has 0 aliphatic carbocycles. The molecule has 0 radical (unpaired) electrons. The predicted molar refractivity (Wildman–Crippen MR) is 103 cm³/mol. The highest BCUT2D eigenvalue weighted by Crippen LogP contribution is 2.28. The van der Waals surface area contributed by atoms with Crippen LogP contribution in [0.15, 0.2) is 42.6 Å². The third-order valence-corrected chi connectivity index (χ3v) is 5.36. The van der Waals surface area contributed by atoms with E-state index in [9.17, 15) is 18.4 Å². The molecule has 28 heavy (non-hydrogen) atoms. The molecule has 0 unspecified atom stereocenters. The van der Waals surface area contributed by atoms with Gasteiger partial charge in [0.1, 0.15) is 11.6 Å². The number of rotatable bonds is 4. The van der Waals surface area contributed by atoms with Crippen LogP contribution in [-0.2, 0) is 17.6 Å². The minimum atomic E-state index is -0.624. The number of fused-ring (bicyclic) bond motifs is 1. The third kappa shape index (κ3) is 3.77. The second-order valence-electron chi connectivity index (χ2n) is 6.38. The summed E-state index contributed by atoms with van der Waals surface area (Å²) in [5.41, 5.74) is 2.29. The number of thiazole rings is 1. The van der Waals surface area contributed by atoms with Crippen LogP contribution >= 0.6 is 11.3 Å². The van der Waals surface area contributed by atoms with Gasteiger partial charge in [-0.25, -0.2) is 13.8 Å². The summed E-state index contributed by atoms with van der Waals surface area (Å²) in [5.74, 6) is -1.62. The molecule has 1 aliphatic heterocycles. The molecule has 2 heterocycles. The minimum Gasteiger partial charge on any atom is -0.326 e. The number of halogens is 2. The molecule has 4 rings (SSSR count). The number of amides is 2. The van der Waals surface area contributed by atoms with Crippen molar-refractivity contribution in [3.8, 4) is 0 Å². The number of anilines is 2. The van der Waals surface area contributed by atoms with Gasteiger partial charge in [0.25, 0.3) is 5.91 Å². The van der Waals surface area contributed by atoms with Crippen molar-refractivity contribution in [2.45, 2.75) is 19.3 Å². The highest BCUT2D eigenvalue weighted by atomic mass is 32.1. The summed E-state index contributed by atoms with van der Waals surface area (Å²) in [6.45, 7) is 0. The molecule has 0 bridgehead atoms. The predicted octanol–water partition coefficient (Wildman–Crippen LogP) is 4.15. The molecular weight excluding hydrogens is 384 g/mol. The van der Waals surface area contributed by atoms with Gasteiger partial charge in [-0.3, -0.25) is 14.9 Å². The van der Waals surface area contributed by atoms with Crippen molar-refractivity contribution in [1.29, 1.82) is 0 Å². The van der Waals surface area contributed by atoms with Gasteiger partial charge >= 0.3 is 0 Å². The molecule has 5 nitrogen and oxygen atoms in total. The Hall–Kier alpha value is -3.13. The van der Waals surface area contributed by atoms with Crippen molar-refractivity contribution in [2.24, 2.45) is 0 Å². The molecule has 8 heteroatoms. The van der Waals surface area contributed by atoms with E-state index in [-0.39, 0.29) is 18.2 Å². The Bertz CT molecular complexity index is 1080. The fourth-order valence-corrected chi connectivity index (χ4v) is 3.93. The molecule has 2 aromatic carbocycles. The standard InChI is InChI=1S/C20H15F2N3O2S/c21-12-5-4-11(16(22)9-12)8-13-10-23-20(28-13)25-19(27)15-2-1-3-17-14(15)6-7-18(26)24-17/h1-5,9-10H,6-8H2,(H,24,26)(H,23,25,27). The zero-order valence-corrected chi connectivity index (χ0v) is 15.4. The normalized spacial score (nSPS) is 13.0. The minimum absolute atomic E-state index is 0.0670. The van der Waals surface area contributed by atoms with E-state index in [1.54, 1.807) is 24.4 Å². The number of nitrogens with one attached hydrogen (secondary N) is 2. The molecular formula is C20H15F2N3O2S. The molecule has 3 aromatic rings. The van der Waals surface area contributed by atoms with Gasteiger partial charge in [0.05, 0.1) is 0 Å². The molecule has 2 N–H and O–H groups in total. The van der Waals surface area contributed by atoms with E-state index in [4.69, 9.17) is 0 Å². The Morgan fingerprint density at radius 1 is 1.21 bits per heavy atom. The van der Waals surface area contributed by atoms with Crippen molar-refractivity contribution in [2.75, 3.05) is 10.6 Å². The highest BCUT2D eigenvalue weighted by molar-refractivity contribution is 7.15. The van der Waals surface area contributed by atoms with Crippen molar-refractivity contribution in [3.05, 3.63) is 75.8 Å². The Balaban J connectivity index is 1.49. The number of carbonyl (C=O) groups excluding carboxylic acids is 2. The Labute approximate surface area is 163 Å². The topological polar surface area (TPSA) is 71.1 Å². The van der Waals surface area contributed by atoms with Crippen molar-refractivity contribution >= 4 is 34.0 Å². The van der Waals surface area contributed by atoms with E-state index >= 15 is 0 Å². The van der Waals surface area contributed by atoms with E-state index in [0.29, 0.717) is 34.8 Å². The first kappa shape index (κ1) is 18.2. The molecule has 0 spiro atoms. The van der Waals surface area contributed by atoms with Crippen molar-refractivity contribution < 1.29 is 18.4 Å². The highest BCUT2D eigenvalue weighted by Gasteiger charge is 2.21. The van der Waals surface area contributed by atoms with Crippen LogP contribution in [0.2, 0.25) is 0 Å². The lowest BCUT2D eigenvalue weighted by Crippen LogP contribution is -2.22. The molecule has 1 aliphatic rings. The second-order valence-corrected chi connectivity index (χ2v) is 7.49. The van der Waals surface area contributed by atoms with Crippen LogP contribution in [-0.4, -0.2) is 16.8 Å². The molecule has 1 aromatic heterocycles. The Kier molecular flexibility index (Phi) is 4.87. The van der Waals surface area contributed by atoms with Gasteiger partial charge in [-0.1, -0.05) is 12.1 Å². The smallest absolute Gasteiger partial charge is 0.257 e. The molecule has 0 fully saturated rings. The summed E-state index contributed by atoms with van der Waals surface area (Å²) in [7, 11) is 0. The van der Waals surface area contributed by atoms with E-state index in [0.717, 1.165) is 16.5 Å². The largest absolute Gasteiger partial charge is 0.326 e. The maximum atomic E-state index is 13.8. The fourth-order valence-electron chi connectivity index (χ4n) is 3.10. The quantitative estimate of drug-likeness (QED) is 0.692. The first-order valence-corrected chi connectivity index (χ1v) is 9.43. The van der Waals surface area contributed by atoms with Crippen LogP contribution in [0.1, 0.15) is 32.8 Å². The van der Waals surface area contributed by atoms with Crippen LogP contribution in [0.5, 0.6) is 0 Å². The summed E-state index contributed by atoms with van der Waals surface area (Å²) in [6.07, 6.45) is 2.65. The summed E-state index contributed by atoms with van der Waals surface area (Å²) < 4.78 is 26.8. The van der Waals surface area contributed by atoms with E-state index in [1.165, 1.54) is 23.5 Å². The van der Waals surface area contributed by atoms with Crippen LogP contribution in [0.25, 0.3) is 0 Å². The number of hydrogen-bond donors (Lipinski definition) is 2. The van der Waals surface area contributed by atoms with Crippen molar-refractivity contribution in [1.82, 2.24) is 4.98 Å². The van der Waals surface area contributed by atoms with Gasteiger partial charge in [0, 0.05) is 41.2 Å². The first-order chi connectivity index (χ1) is 13.5. The van der Waals surface area contributed by atoms with Crippen LogP contribution < -0.4 is 10.6 Å². The van der Waals surface area contributed by atoms with Gasteiger partial charge in [-0.05, 0) is 35.7 Å². The Morgan fingerprint density at radius 2 is 2.07 bits per heavy atom. The summed E-state index contributed by atoms with van der Waals surface area (Å²) >= 11 is 1.23. The second kappa shape index (κ2) is 7.47. The number of aromatic nitrogens is 1.